The Balaban J connectivity index is 2.36. The fourth-order valence-electron chi connectivity index (χ4n) is 3.13. The Bertz CT molecular complexity index is 910. The first kappa shape index (κ1) is 24.5. The zero-order valence-electron chi connectivity index (χ0n) is 17.6. The lowest BCUT2D eigenvalue weighted by Gasteiger charge is -2.33. The van der Waals surface area contributed by atoms with E-state index in [4.69, 9.17) is 34.8 Å². The highest BCUT2D eigenvalue weighted by molar-refractivity contribution is 6.35. The van der Waals surface area contributed by atoms with Gasteiger partial charge in [-0.1, -0.05) is 59.9 Å². The van der Waals surface area contributed by atoms with Gasteiger partial charge < -0.3 is 10.2 Å². The molecule has 1 N–H and O–H groups in total. The molecule has 0 aliphatic heterocycles. The van der Waals surface area contributed by atoms with Crippen molar-refractivity contribution in [2.75, 3.05) is 0 Å². The van der Waals surface area contributed by atoms with Gasteiger partial charge >= 0.3 is 0 Å². The molecule has 0 aromatic heterocycles. The summed E-state index contributed by atoms with van der Waals surface area (Å²) < 4.78 is 0. The molecule has 7 heteroatoms. The summed E-state index contributed by atoms with van der Waals surface area (Å²) in [4.78, 5) is 27.9. The Morgan fingerprint density at radius 1 is 1.03 bits per heavy atom. The van der Waals surface area contributed by atoms with Crippen molar-refractivity contribution in [2.24, 2.45) is 0 Å². The Morgan fingerprint density at radius 2 is 1.70 bits per heavy atom. The van der Waals surface area contributed by atoms with E-state index in [1.165, 1.54) is 0 Å². The maximum atomic E-state index is 13.3. The second kappa shape index (κ2) is 10.5. The fraction of sp³-hybridized carbons (Fsp3) is 0.391. The van der Waals surface area contributed by atoms with Crippen LogP contribution < -0.4 is 5.32 Å². The zero-order chi connectivity index (χ0) is 22.5. The van der Waals surface area contributed by atoms with E-state index in [2.05, 4.69) is 5.32 Å². The second-order valence-corrected chi connectivity index (χ2v) is 9.51. The largest absolute Gasteiger partial charge is 0.350 e. The van der Waals surface area contributed by atoms with E-state index >= 15 is 0 Å². The molecule has 0 unspecified atom stereocenters. The highest BCUT2D eigenvalue weighted by atomic mass is 35.5. The molecule has 1 atom stereocenters. The average Bonchev–Trinajstić information content (AvgIpc) is 2.61. The van der Waals surface area contributed by atoms with Crippen molar-refractivity contribution in [1.82, 2.24) is 10.2 Å². The first-order chi connectivity index (χ1) is 14.0. The molecule has 0 fully saturated rings. The van der Waals surface area contributed by atoms with E-state index < -0.39 is 11.6 Å². The van der Waals surface area contributed by atoms with Crippen molar-refractivity contribution < 1.29 is 9.59 Å². The lowest BCUT2D eigenvalue weighted by atomic mass is 10.0. The topological polar surface area (TPSA) is 49.4 Å². The minimum Gasteiger partial charge on any atom is -0.350 e. The van der Waals surface area contributed by atoms with Gasteiger partial charge in [0.15, 0.2) is 0 Å². The molecule has 0 heterocycles. The van der Waals surface area contributed by atoms with Gasteiger partial charge in [-0.3, -0.25) is 9.59 Å². The molecular weight excluding hydrogens is 443 g/mol. The zero-order valence-corrected chi connectivity index (χ0v) is 19.9. The van der Waals surface area contributed by atoms with E-state index in [9.17, 15) is 9.59 Å². The minimum atomic E-state index is -0.636. The number of rotatable bonds is 7. The van der Waals surface area contributed by atoms with E-state index in [1.54, 1.807) is 41.3 Å². The summed E-state index contributed by atoms with van der Waals surface area (Å²) in [6.45, 7) is 7.81. The Labute approximate surface area is 193 Å². The van der Waals surface area contributed by atoms with Crippen molar-refractivity contribution in [3.05, 3.63) is 68.7 Å². The van der Waals surface area contributed by atoms with Gasteiger partial charge in [0.1, 0.15) is 6.04 Å². The summed E-state index contributed by atoms with van der Waals surface area (Å²) >= 11 is 18.4. The number of benzene rings is 2. The van der Waals surface area contributed by atoms with Gasteiger partial charge in [-0.15, -0.1) is 0 Å². The highest BCUT2D eigenvalue weighted by Crippen LogP contribution is 2.24. The monoisotopic (exact) mass is 468 g/mol. The second-order valence-electron chi connectivity index (χ2n) is 8.23. The summed E-state index contributed by atoms with van der Waals surface area (Å²) in [6.07, 6.45) is 0.597. The number of carbonyl (C=O) groups is 2. The van der Waals surface area contributed by atoms with Gasteiger partial charge in [-0.2, -0.15) is 0 Å². The number of hydrogen-bond acceptors (Lipinski definition) is 2. The smallest absolute Gasteiger partial charge is 0.243 e. The van der Waals surface area contributed by atoms with E-state index in [0.29, 0.717) is 21.5 Å². The third-order valence-electron chi connectivity index (χ3n) is 4.48. The summed E-state index contributed by atoms with van der Waals surface area (Å²) in [5, 5.41) is 4.51. The quantitative estimate of drug-likeness (QED) is 0.548. The van der Waals surface area contributed by atoms with Crippen LogP contribution in [0.2, 0.25) is 15.1 Å². The summed E-state index contributed by atoms with van der Waals surface area (Å²) in [5.41, 5.74) is 1.10. The predicted molar refractivity (Wildman–Crippen MR) is 124 cm³/mol. The number of amides is 2. The van der Waals surface area contributed by atoms with Gasteiger partial charge in [0.25, 0.3) is 0 Å². The maximum absolute atomic E-state index is 13.3. The van der Waals surface area contributed by atoms with Crippen LogP contribution >= 0.6 is 34.8 Å². The molecule has 2 amide bonds. The summed E-state index contributed by atoms with van der Waals surface area (Å²) in [6, 6.07) is 11.6. The molecule has 2 aromatic carbocycles. The van der Waals surface area contributed by atoms with Crippen LogP contribution in [0.3, 0.4) is 0 Å². The lowest BCUT2D eigenvalue weighted by molar-refractivity contribution is -0.141. The molecule has 0 spiro atoms. The standard InChI is InChI=1S/C23H27Cl3N2O2/c1-5-20(22(30)27-23(2,3)4)28(14-16-9-10-18(25)13-19(16)26)21(29)12-15-7-6-8-17(24)11-15/h6-11,13,20H,5,12,14H2,1-4H3,(H,27,30)/t20-/m0/s1. The van der Waals surface area contributed by atoms with Crippen molar-refractivity contribution in [3.8, 4) is 0 Å². The first-order valence-corrected chi connectivity index (χ1v) is 10.9. The molecule has 4 nitrogen and oxygen atoms in total. The molecule has 0 aliphatic carbocycles. The SMILES string of the molecule is CC[C@@H](C(=O)NC(C)(C)C)N(Cc1ccc(Cl)cc1Cl)C(=O)Cc1cccc(Cl)c1. The van der Waals surface area contributed by atoms with Gasteiger partial charge in [-0.05, 0) is 62.6 Å². The number of hydrogen-bond donors (Lipinski definition) is 1. The molecule has 2 aromatic rings. The van der Waals surface area contributed by atoms with Crippen molar-refractivity contribution >= 4 is 46.6 Å². The van der Waals surface area contributed by atoms with Gasteiger partial charge in [0.05, 0.1) is 6.42 Å². The Kier molecular flexibility index (Phi) is 8.60. The van der Waals surface area contributed by atoms with Crippen LogP contribution in [-0.4, -0.2) is 28.3 Å². The fourth-order valence-corrected chi connectivity index (χ4v) is 3.81. The Morgan fingerprint density at radius 3 is 2.27 bits per heavy atom. The van der Waals surface area contributed by atoms with Gasteiger partial charge in [0, 0.05) is 27.2 Å². The number of nitrogens with one attached hydrogen (secondary N) is 1. The molecular formula is C23H27Cl3N2O2. The molecule has 30 heavy (non-hydrogen) atoms. The summed E-state index contributed by atoms with van der Waals surface area (Å²) in [7, 11) is 0. The van der Waals surface area contributed by atoms with Crippen molar-refractivity contribution in [2.45, 2.75) is 58.7 Å². The molecule has 0 bridgehead atoms. The molecule has 0 radical (unpaired) electrons. The van der Waals surface area contributed by atoms with Crippen LogP contribution in [-0.2, 0) is 22.6 Å². The lowest BCUT2D eigenvalue weighted by Crippen LogP contribution is -2.53. The molecule has 162 valence electrons. The highest BCUT2D eigenvalue weighted by Gasteiger charge is 2.31. The maximum Gasteiger partial charge on any atom is 0.243 e. The molecule has 0 aliphatic rings. The van der Waals surface area contributed by atoms with E-state index in [-0.39, 0.29) is 24.8 Å². The molecule has 0 saturated carbocycles. The number of nitrogens with zero attached hydrogens (tertiary/aromatic N) is 1. The Hall–Kier alpha value is -1.75. The number of carbonyl (C=O) groups excluding carboxylic acids is 2. The van der Waals surface area contributed by atoms with Crippen LogP contribution in [0.1, 0.15) is 45.2 Å². The van der Waals surface area contributed by atoms with Crippen LogP contribution in [0.5, 0.6) is 0 Å². The third kappa shape index (κ3) is 7.19. The minimum absolute atomic E-state index is 0.130. The van der Waals surface area contributed by atoms with Crippen molar-refractivity contribution in [3.63, 3.8) is 0 Å². The molecule has 2 rings (SSSR count). The van der Waals surface area contributed by atoms with Gasteiger partial charge in [-0.25, -0.2) is 0 Å². The van der Waals surface area contributed by atoms with Crippen molar-refractivity contribution in [1.29, 1.82) is 0 Å². The number of halogens is 3. The average molecular weight is 470 g/mol. The molecule has 0 saturated heterocycles. The van der Waals surface area contributed by atoms with E-state index in [0.717, 1.165) is 11.1 Å². The van der Waals surface area contributed by atoms with Crippen LogP contribution in [0.25, 0.3) is 0 Å². The first-order valence-electron chi connectivity index (χ1n) is 9.80. The predicted octanol–water partition coefficient (Wildman–Crippen LogP) is 5.91. The van der Waals surface area contributed by atoms with Crippen LogP contribution in [0.15, 0.2) is 42.5 Å². The van der Waals surface area contributed by atoms with Crippen LogP contribution in [0.4, 0.5) is 0 Å². The van der Waals surface area contributed by atoms with Gasteiger partial charge in [0.2, 0.25) is 11.8 Å². The summed E-state index contributed by atoms with van der Waals surface area (Å²) in [5.74, 6) is -0.381. The normalized spacial score (nSPS) is 12.4. The third-order valence-corrected chi connectivity index (χ3v) is 5.31. The van der Waals surface area contributed by atoms with Crippen LogP contribution in [0, 0.1) is 0 Å². The van der Waals surface area contributed by atoms with E-state index in [1.807, 2.05) is 33.8 Å².